The lowest BCUT2D eigenvalue weighted by Crippen LogP contribution is -2.33. The molecular formula is C25H23BrN2O6. The Morgan fingerprint density at radius 3 is 2.18 bits per heavy atom. The van der Waals surface area contributed by atoms with Crippen LogP contribution >= 0.6 is 15.9 Å². The Hall–Kier alpha value is -3.85. The van der Waals surface area contributed by atoms with Crippen molar-refractivity contribution in [2.45, 2.75) is 0 Å². The first-order valence-corrected chi connectivity index (χ1v) is 10.9. The summed E-state index contributed by atoms with van der Waals surface area (Å²) in [6.07, 6.45) is 0. The molecule has 0 aliphatic heterocycles. The number of amides is 2. The predicted octanol–water partition coefficient (Wildman–Crippen LogP) is 4.07. The van der Waals surface area contributed by atoms with E-state index in [-0.39, 0.29) is 29.4 Å². The van der Waals surface area contributed by atoms with Gasteiger partial charge in [-0.15, -0.1) is 0 Å². The van der Waals surface area contributed by atoms with Crippen LogP contribution in [0.4, 0.5) is 5.69 Å². The highest BCUT2D eigenvalue weighted by molar-refractivity contribution is 9.10. The van der Waals surface area contributed by atoms with Gasteiger partial charge in [-0.05, 0) is 30.3 Å². The van der Waals surface area contributed by atoms with Crippen LogP contribution in [0.2, 0.25) is 0 Å². The first kappa shape index (κ1) is 24.8. The normalized spacial score (nSPS) is 10.2. The largest absolute Gasteiger partial charge is 0.493 e. The highest BCUT2D eigenvalue weighted by Crippen LogP contribution is 2.39. The van der Waals surface area contributed by atoms with E-state index in [1.807, 2.05) is 6.07 Å². The number of hydrogen-bond acceptors (Lipinski definition) is 6. The topological polar surface area (TPSA) is 103 Å². The minimum Gasteiger partial charge on any atom is -0.493 e. The highest BCUT2D eigenvalue weighted by Gasteiger charge is 2.21. The molecule has 0 atom stereocenters. The van der Waals surface area contributed by atoms with Gasteiger partial charge in [0.15, 0.2) is 17.3 Å². The Morgan fingerprint density at radius 1 is 0.824 bits per heavy atom. The molecule has 0 radical (unpaired) electrons. The Kier molecular flexibility index (Phi) is 8.26. The third kappa shape index (κ3) is 5.55. The molecule has 0 aliphatic rings. The summed E-state index contributed by atoms with van der Waals surface area (Å²) in [5.74, 6) is -0.429. The van der Waals surface area contributed by atoms with E-state index in [1.165, 1.54) is 27.4 Å². The van der Waals surface area contributed by atoms with E-state index < -0.39 is 11.8 Å². The number of hydrogen-bond donors (Lipinski definition) is 2. The van der Waals surface area contributed by atoms with Gasteiger partial charge in [0, 0.05) is 15.6 Å². The average molecular weight is 527 g/mol. The van der Waals surface area contributed by atoms with Crippen molar-refractivity contribution in [2.24, 2.45) is 0 Å². The molecule has 0 saturated carbocycles. The summed E-state index contributed by atoms with van der Waals surface area (Å²) in [4.78, 5) is 38.3. The molecule has 0 heterocycles. The summed E-state index contributed by atoms with van der Waals surface area (Å²) in [5.41, 5.74) is 1.32. The van der Waals surface area contributed by atoms with Crippen LogP contribution in [0, 0.1) is 0 Å². The van der Waals surface area contributed by atoms with Gasteiger partial charge in [0.2, 0.25) is 11.7 Å². The summed E-state index contributed by atoms with van der Waals surface area (Å²) < 4.78 is 16.5. The van der Waals surface area contributed by atoms with E-state index >= 15 is 0 Å². The summed E-state index contributed by atoms with van der Waals surface area (Å²) in [5, 5.41) is 5.25. The number of ether oxygens (including phenoxy) is 3. The molecule has 0 spiro atoms. The Morgan fingerprint density at radius 2 is 1.53 bits per heavy atom. The number of ketones is 1. The van der Waals surface area contributed by atoms with E-state index in [2.05, 4.69) is 26.6 Å². The third-order valence-electron chi connectivity index (χ3n) is 4.89. The van der Waals surface area contributed by atoms with Crippen LogP contribution in [0.15, 0.2) is 65.1 Å². The minimum atomic E-state index is -0.538. The zero-order valence-corrected chi connectivity index (χ0v) is 20.4. The molecule has 8 nitrogen and oxygen atoms in total. The van der Waals surface area contributed by atoms with Crippen LogP contribution in [0.5, 0.6) is 17.2 Å². The minimum absolute atomic E-state index is 0.177. The number of benzene rings is 3. The van der Waals surface area contributed by atoms with E-state index in [9.17, 15) is 14.4 Å². The molecule has 0 saturated heterocycles. The predicted molar refractivity (Wildman–Crippen MR) is 131 cm³/mol. The molecule has 3 aromatic rings. The second-order valence-corrected chi connectivity index (χ2v) is 7.91. The number of rotatable bonds is 9. The molecular weight excluding hydrogens is 504 g/mol. The number of methoxy groups -OCH3 is 3. The van der Waals surface area contributed by atoms with E-state index in [1.54, 1.807) is 48.5 Å². The number of halogens is 1. The third-order valence-corrected chi connectivity index (χ3v) is 5.39. The van der Waals surface area contributed by atoms with Crippen molar-refractivity contribution in [2.75, 3.05) is 33.2 Å². The van der Waals surface area contributed by atoms with Crippen LogP contribution in [-0.4, -0.2) is 45.5 Å². The van der Waals surface area contributed by atoms with Crippen LogP contribution in [0.3, 0.4) is 0 Å². The first-order valence-electron chi connectivity index (χ1n) is 10.2. The second kappa shape index (κ2) is 11.3. The zero-order valence-electron chi connectivity index (χ0n) is 18.8. The van der Waals surface area contributed by atoms with Crippen molar-refractivity contribution in [3.05, 3.63) is 81.8 Å². The van der Waals surface area contributed by atoms with Gasteiger partial charge in [0.25, 0.3) is 5.91 Å². The van der Waals surface area contributed by atoms with Gasteiger partial charge in [-0.25, -0.2) is 0 Å². The summed E-state index contributed by atoms with van der Waals surface area (Å²) in [6, 6.07) is 16.8. The molecule has 34 heavy (non-hydrogen) atoms. The van der Waals surface area contributed by atoms with Crippen molar-refractivity contribution in [3.8, 4) is 17.2 Å². The summed E-state index contributed by atoms with van der Waals surface area (Å²) >= 11 is 3.36. The van der Waals surface area contributed by atoms with Crippen LogP contribution in [0.1, 0.15) is 26.3 Å². The fourth-order valence-corrected chi connectivity index (χ4v) is 3.65. The van der Waals surface area contributed by atoms with Gasteiger partial charge < -0.3 is 24.8 Å². The first-order chi connectivity index (χ1) is 16.4. The van der Waals surface area contributed by atoms with Crippen LogP contribution in [-0.2, 0) is 4.79 Å². The zero-order chi connectivity index (χ0) is 24.7. The van der Waals surface area contributed by atoms with Gasteiger partial charge >= 0.3 is 0 Å². The fourth-order valence-electron chi connectivity index (χ4n) is 3.29. The maximum absolute atomic E-state index is 13.0. The molecule has 3 aromatic carbocycles. The lowest BCUT2D eigenvalue weighted by atomic mass is 10.0. The van der Waals surface area contributed by atoms with Crippen molar-refractivity contribution in [3.63, 3.8) is 0 Å². The van der Waals surface area contributed by atoms with Crippen molar-refractivity contribution in [1.29, 1.82) is 0 Å². The van der Waals surface area contributed by atoms with Gasteiger partial charge in [-0.1, -0.05) is 46.3 Å². The Balaban J connectivity index is 1.74. The van der Waals surface area contributed by atoms with Gasteiger partial charge in [0.1, 0.15) is 0 Å². The number of nitrogens with one attached hydrogen (secondary N) is 2. The lowest BCUT2D eigenvalue weighted by molar-refractivity contribution is -0.115. The van der Waals surface area contributed by atoms with Gasteiger partial charge in [0.05, 0.1) is 39.1 Å². The maximum Gasteiger partial charge on any atom is 0.255 e. The molecule has 3 rings (SSSR count). The van der Waals surface area contributed by atoms with Crippen molar-refractivity contribution < 1.29 is 28.6 Å². The Labute approximate surface area is 205 Å². The quantitative estimate of drug-likeness (QED) is 0.407. The SMILES string of the molecule is COc1ccc(C(=O)NCC(=O)Nc2ccc(Br)cc2C(=O)c2ccccc2)c(OC)c1OC. The molecule has 2 amide bonds. The molecule has 0 aromatic heterocycles. The van der Waals surface area contributed by atoms with E-state index in [0.717, 1.165) is 0 Å². The molecule has 9 heteroatoms. The van der Waals surface area contributed by atoms with Crippen molar-refractivity contribution >= 4 is 39.2 Å². The monoisotopic (exact) mass is 526 g/mol. The van der Waals surface area contributed by atoms with Crippen LogP contribution in [0.25, 0.3) is 0 Å². The molecule has 2 N–H and O–H groups in total. The fraction of sp³-hybridized carbons (Fsp3) is 0.160. The Bertz CT molecular complexity index is 1210. The molecule has 0 fully saturated rings. The summed E-state index contributed by atoms with van der Waals surface area (Å²) in [6.45, 7) is -0.328. The van der Waals surface area contributed by atoms with Gasteiger partial charge in [-0.2, -0.15) is 0 Å². The smallest absolute Gasteiger partial charge is 0.255 e. The number of carbonyl (C=O) groups excluding carboxylic acids is 3. The van der Waals surface area contributed by atoms with E-state index in [4.69, 9.17) is 14.2 Å². The second-order valence-electron chi connectivity index (χ2n) is 7.00. The van der Waals surface area contributed by atoms with Crippen LogP contribution < -0.4 is 24.8 Å². The molecule has 0 aliphatic carbocycles. The number of anilines is 1. The molecule has 0 unspecified atom stereocenters. The standard InChI is InChI=1S/C25H23BrN2O6/c1-32-20-12-10-17(23(33-2)24(20)34-3)25(31)27-14-21(29)28-19-11-9-16(26)13-18(19)22(30)15-7-5-4-6-8-15/h4-13H,14H2,1-3H3,(H,27,31)(H,28,29). The number of carbonyl (C=O) groups is 3. The molecule has 0 bridgehead atoms. The average Bonchev–Trinajstić information content (AvgIpc) is 2.87. The maximum atomic E-state index is 13.0. The summed E-state index contributed by atoms with van der Waals surface area (Å²) in [7, 11) is 4.31. The molecule has 176 valence electrons. The van der Waals surface area contributed by atoms with E-state index in [0.29, 0.717) is 27.0 Å². The highest BCUT2D eigenvalue weighted by atomic mass is 79.9. The van der Waals surface area contributed by atoms with Crippen molar-refractivity contribution in [1.82, 2.24) is 5.32 Å². The van der Waals surface area contributed by atoms with Gasteiger partial charge in [-0.3, -0.25) is 14.4 Å². The lowest BCUT2D eigenvalue weighted by Gasteiger charge is -2.15.